The average molecular weight is 443 g/mol. The molecule has 3 heterocycles. The van der Waals surface area contributed by atoms with Gasteiger partial charge in [0.1, 0.15) is 17.1 Å². The number of carbonyl (C=O) groups excluding carboxylic acids is 2. The minimum absolute atomic E-state index is 0.159. The van der Waals surface area contributed by atoms with Gasteiger partial charge in [0.25, 0.3) is 11.8 Å². The summed E-state index contributed by atoms with van der Waals surface area (Å²) in [6, 6.07) is 8.70. The third-order valence-electron chi connectivity index (χ3n) is 4.09. The van der Waals surface area contributed by atoms with Crippen LogP contribution in [-0.2, 0) is 11.3 Å². The van der Waals surface area contributed by atoms with Crippen LogP contribution in [0.4, 0.5) is 0 Å². The number of amides is 2. The SMILES string of the molecule is NC(=O)COc1ccc(Br)cc1-c1nccc(-c2cc3n(n2)CCNC3=O)n1. The standard InChI is InChI=1S/C18H15BrN6O3/c19-10-1-2-15(28-9-16(20)26)11(7-10)17-21-4-3-12(23-17)13-8-14-18(27)22-5-6-25(14)24-13/h1-4,7-8H,5-6,9H2,(H2,20,26)(H,22,27). The molecule has 0 unspecified atom stereocenters. The molecule has 0 atom stereocenters. The maximum Gasteiger partial charge on any atom is 0.269 e. The maximum absolute atomic E-state index is 12.0. The van der Waals surface area contributed by atoms with Gasteiger partial charge in [0.15, 0.2) is 12.4 Å². The van der Waals surface area contributed by atoms with E-state index in [0.717, 1.165) is 4.47 Å². The Morgan fingerprint density at radius 3 is 2.93 bits per heavy atom. The van der Waals surface area contributed by atoms with Gasteiger partial charge in [0, 0.05) is 17.2 Å². The normalized spacial score (nSPS) is 13.0. The van der Waals surface area contributed by atoms with Crippen LogP contribution in [0.3, 0.4) is 0 Å². The first-order chi connectivity index (χ1) is 13.5. The van der Waals surface area contributed by atoms with Crippen LogP contribution in [-0.4, -0.2) is 44.7 Å². The van der Waals surface area contributed by atoms with Gasteiger partial charge in [0.05, 0.1) is 17.8 Å². The third-order valence-corrected chi connectivity index (χ3v) is 4.59. The Balaban J connectivity index is 1.73. The van der Waals surface area contributed by atoms with E-state index in [0.29, 0.717) is 47.3 Å². The lowest BCUT2D eigenvalue weighted by Crippen LogP contribution is -2.35. The number of carbonyl (C=O) groups is 2. The van der Waals surface area contributed by atoms with Crippen LogP contribution in [0, 0.1) is 0 Å². The predicted octanol–water partition coefficient (Wildman–Crippen LogP) is 1.38. The van der Waals surface area contributed by atoms with E-state index in [1.54, 1.807) is 41.2 Å². The number of rotatable bonds is 5. The second-order valence-corrected chi connectivity index (χ2v) is 6.97. The smallest absolute Gasteiger partial charge is 0.269 e. The molecule has 0 aliphatic carbocycles. The van der Waals surface area contributed by atoms with E-state index in [1.165, 1.54) is 0 Å². The van der Waals surface area contributed by atoms with Crippen molar-refractivity contribution < 1.29 is 14.3 Å². The van der Waals surface area contributed by atoms with E-state index in [2.05, 4.69) is 36.3 Å². The first-order valence-electron chi connectivity index (χ1n) is 8.42. The Morgan fingerprint density at radius 2 is 2.14 bits per heavy atom. The zero-order chi connectivity index (χ0) is 19.7. The predicted molar refractivity (Wildman–Crippen MR) is 103 cm³/mol. The van der Waals surface area contributed by atoms with Crippen molar-refractivity contribution in [1.29, 1.82) is 0 Å². The Morgan fingerprint density at radius 1 is 1.29 bits per heavy atom. The summed E-state index contributed by atoms with van der Waals surface area (Å²) in [5, 5.41) is 7.25. The highest BCUT2D eigenvalue weighted by atomic mass is 79.9. The Bertz CT molecular complexity index is 1080. The van der Waals surface area contributed by atoms with E-state index in [9.17, 15) is 9.59 Å². The van der Waals surface area contributed by atoms with Crippen molar-refractivity contribution in [1.82, 2.24) is 25.1 Å². The summed E-state index contributed by atoms with van der Waals surface area (Å²) in [7, 11) is 0. The molecule has 0 saturated heterocycles. The first kappa shape index (κ1) is 18.1. The van der Waals surface area contributed by atoms with Gasteiger partial charge < -0.3 is 15.8 Å². The van der Waals surface area contributed by atoms with Crippen LogP contribution in [0.25, 0.3) is 22.8 Å². The molecule has 2 aromatic heterocycles. The van der Waals surface area contributed by atoms with Crippen molar-refractivity contribution in [2.45, 2.75) is 6.54 Å². The fraction of sp³-hybridized carbons (Fsp3) is 0.167. The molecule has 0 spiro atoms. The molecule has 0 bridgehead atoms. The van der Waals surface area contributed by atoms with Crippen molar-refractivity contribution in [3.8, 4) is 28.5 Å². The number of nitrogens with two attached hydrogens (primary N) is 1. The van der Waals surface area contributed by atoms with Gasteiger partial charge in [-0.15, -0.1) is 0 Å². The third kappa shape index (κ3) is 3.58. The van der Waals surface area contributed by atoms with E-state index in [1.807, 2.05) is 0 Å². The van der Waals surface area contributed by atoms with E-state index in [-0.39, 0.29) is 12.5 Å². The molecule has 1 aromatic carbocycles. The van der Waals surface area contributed by atoms with Crippen molar-refractivity contribution in [2.24, 2.45) is 5.73 Å². The molecule has 9 nitrogen and oxygen atoms in total. The Hall–Kier alpha value is -3.27. The molecule has 1 aliphatic heterocycles. The summed E-state index contributed by atoms with van der Waals surface area (Å²) >= 11 is 3.42. The van der Waals surface area contributed by atoms with Crippen molar-refractivity contribution in [3.63, 3.8) is 0 Å². The number of hydrogen-bond acceptors (Lipinski definition) is 6. The molecule has 3 aromatic rings. The van der Waals surface area contributed by atoms with E-state index < -0.39 is 5.91 Å². The van der Waals surface area contributed by atoms with Crippen molar-refractivity contribution in [3.05, 3.63) is 46.7 Å². The number of aromatic nitrogens is 4. The minimum Gasteiger partial charge on any atom is -0.483 e. The summed E-state index contributed by atoms with van der Waals surface area (Å²) < 4.78 is 7.95. The molecule has 0 radical (unpaired) electrons. The molecule has 0 fully saturated rings. The van der Waals surface area contributed by atoms with Crippen molar-refractivity contribution in [2.75, 3.05) is 13.2 Å². The van der Waals surface area contributed by atoms with Gasteiger partial charge in [-0.3, -0.25) is 14.3 Å². The lowest BCUT2D eigenvalue weighted by atomic mass is 10.1. The van der Waals surface area contributed by atoms with E-state index in [4.69, 9.17) is 10.5 Å². The van der Waals surface area contributed by atoms with Crippen LogP contribution >= 0.6 is 15.9 Å². The molecular weight excluding hydrogens is 428 g/mol. The average Bonchev–Trinajstić information content (AvgIpc) is 3.13. The number of benzene rings is 1. The monoisotopic (exact) mass is 442 g/mol. The maximum atomic E-state index is 12.0. The van der Waals surface area contributed by atoms with Gasteiger partial charge in [-0.25, -0.2) is 9.97 Å². The second-order valence-electron chi connectivity index (χ2n) is 6.05. The van der Waals surface area contributed by atoms with Gasteiger partial charge in [-0.1, -0.05) is 15.9 Å². The molecule has 28 heavy (non-hydrogen) atoms. The Labute approximate surface area is 168 Å². The van der Waals surface area contributed by atoms with Gasteiger partial charge in [-0.05, 0) is 30.3 Å². The summed E-state index contributed by atoms with van der Waals surface area (Å²) in [5.41, 5.74) is 7.41. The molecular formula is C18H15BrN6O3. The van der Waals surface area contributed by atoms with Crippen LogP contribution in [0.5, 0.6) is 5.75 Å². The van der Waals surface area contributed by atoms with Crippen LogP contribution in [0.15, 0.2) is 41.0 Å². The highest BCUT2D eigenvalue weighted by molar-refractivity contribution is 9.10. The zero-order valence-corrected chi connectivity index (χ0v) is 16.1. The summed E-state index contributed by atoms with van der Waals surface area (Å²) in [6.07, 6.45) is 1.61. The highest BCUT2D eigenvalue weighted by Crippen LogP contribution is 2.31. The van der Waals surface area contributed by atoms with Crippen molar-refractivity contribution >= 4 is 27.7 Å². The zero-order valence-electron chi connectivity index (χ0n) is 14.6. The lowest BCUT2D eigenvalue weighted by Gasteiger charge is -2.13. The van der Waals surface area contributed by atoms with Crippen LogP contribution < -0.4 is 15.8 Å². The number of hydrogen-bond donors (Lipinski definition) is 2. The van der Waals surface area contributed by atoms with Gasteiger partial charge >= 0.3 is 0 Å². The minimum atomic E-state index is -0.578. The molecule has 10 heteroatoms. The molecule has 3 N–H and O–H groups in total. The highest BCUT2D eigenvalue weighted by Gasteiger charge is 2.21. The number of halogens is 1. The molecule has 2 amide bonds. The fourth-order valence-corrected chi connectivity index (χ4v) is 3.20. The number of primary amides is 1. The second kappa shape index (κ2) is 7.39. The first-order valence-corrected chi connectivity index (χ1v) is 9.21. The summed E-state index contributed by atoms with van der Waals surface area (Å²) in [5.74, 6) is 0.0927. The number of fused-ring (bicyclic) bond motifs is 1. The quantitative estimate of drug-likeness (QED) is 0.614. The number of ether oxygens (including phenoxy) is 1. The van der Waals surface area contributed by atoms with E-state index >= 15 is 0 Å². The van der Waals surface area contributed by atoms with Crippen LogP contribution in [0.2, 0.25) is 0 Å². The summed E-state index contributed by atoms with van der Waals surface area (Å²) in [4.78, 5) is 31.9. The molecule has 4 rings (SSSR count). The molecule has 0 saturated carbocycles. The number of nitrogens with zero attached hydrogens (tertiary/aromatic N) is 4. The van der Waals surface area contributed by atoms with Gasteiger partial charge in [0.2, 0.25) is 0 Å². The Kier molecular flexibility index (Phi) is 4.78. The number of nitrogens with one attached hydrogen (secondary N) is 1. The van der Waals surface area contributed by atoms with Gasteiger partial charge in [-0.2, -0.15) is 5.10 Å². The fourth-order valence-electron chi connectivity index (χ4n) is 2.84. The molecule has 142 valence electrons. The lowest BCUT2D eigenvalue weighted by molar-refractivity contribution is -0.119. The largest absolute Gasteiger partial charge is 0.483 e. The van der Waals surface area contributed by atoms with Crippen LogP contribution in [0.1, 0.15) is 10.5 Å². The summed E-state index contributed by atoms with van der Waals surface area (Å²) in [6.45, 7) is 0.896. The topological polar surface area (TPSA) is 125 Å². The molecule has 1 aliphatic rings.